The molecule has 0 aliphatic rings. The van der Waals surface area contributed by atoms with Crippen LogP contribution in [0.5, 0.6) is 0 Å². The van der Waals surface area contributed by atoms with Gasteiger partial charge in [0.25, 0.3) is 0 Å². The summed E-state index contributed by atoms with van der Waals surface area (Å²) in [6, 6.07) is 0.477. The summed E-state index contributed by atoms with van der Waals surface area (Å²) in [5.74, 6) is 0. The molecule has 0 saturated heterocycles. The second-order valence-corrected chi connectivity index (χ2v) is 4.14. The number of hydrogen-bond donors (Lipinski definition) is 0. The Morgan fingerprint density at radius 1 is 1.40 bits per heavy atom. The molecular weight excluding hydrogens is 321 g/mol. The molecule has 0 aromatic rings. The number of hydrogen-bond acceptors (Lipinski definition) is 2. The van der Waals surface area contributed by atoms with E-state index in [-0.39, 0.29) is 5.60 Å². The quantitative estimate of drug-likeness (QED) is 0.707. The summed E-state index contributed by atoms with van der Waals surface area (Å²) in [6.45, 7) is 6.44. The molecule has 0 aromatic heterocycles. The first-order valence-corrected chi connectivity index (χ1v) is 5.01. The van der Waals surface area contributed by atoms with Gasteiger partial charge < -0.3 is 0 Å². The van der Waals surface area contributed by atoms with E-state index in [1.807, 2.05) is 0 Å². The molecule has 0 aliphatic carbocycles. The fourth-order valence-corrected chi connectivity index (χ4v) is 1.37. The molecule has 10 heavy (non-hydrogen) atoms. The fourth-order valence-electron chi connectivity index (χ4n) is 0.707. The van der Waals surface area contributed by atoms with E-state index in [1.165, 1.54) is 0 Å². The van der Waals surface area contributed by atoms with Crippen LogP contribution in [0.1, 0.15) is 20.8 Å². The SMILES string of the molecule is CC(N(C)C)C(C)(C)[O][Pb]. The Morgan fingerprint density at radius 3 is 1.90 bits per heavy atom. The molecule has 0 saturated carbocycles. The van der Waals surface area contributed by atoms with Gasteiger partial charge in [-0.2, -0.15) is 0 Å². The van der Waals surface area contributed by atoms with Crippen molar-refractivity contribution in [1.29, 1.82) is 0 Å². The normalized spacial score (nSPS) is 15.9. The van der Waals surface area contributed by atoms with Crippen molar-refractivity contribution < 1.29 is 2.69 Å². The summed E-state index contributed by atoms with van der Waals surface area (Å²) in [5, 5.41) is 0. The van der Waals surface area contributed by atoms with Crippen molar-refractivity contribution in [3.63, 3.8) is 0 Å². The van der Waals surface area contributed by atoms with Gasteiger partial charge in [-0.05, 0) is 0 Å². The Hall–Kier alpha value is 0.842. The van der Waals surface area contributed by atoms with Crippen molar-refractivity contribution in [2.75, 3.05) is 14.1 Å². The maximum atomic E-state index is 5.46. The molecule has 0 fully saturated rings. The molecule has 3 radical (unpaired) electrons. The molecular formula is C7H16NOPb. The summed E-state index contributed by atoms with van der Waals surface area (Å²) >= 11 is 0.814. The van der Waals surface area contributed by atoms with Gasteiger partial charge in [0.05, 0.1) is 0 Å². The second kappa shape index (κ2) is 4.02. The van der Waals surface area contributed by atoms with Gasteiger partial charge in [-0.3, -0.25) is 0 Å². The zero-order valence-corrected chi connectivity index (χ0v) is 11.3. The minimum absolute atomic E-state index is 0.00965. The molecule has 2 nitrogen and oxygen atoms in total. The third-order valence-electron chi connectivity index (χ3n) is 2.04. The fraction of sp³-hybridized carbons (Fsp3) is 1.00. The van der Waals surface area contributed by atoms with Gasteiger partial charge in [0.1, 0.15) is 0 Å². The van der Waals surface area contributed by atoms with E-state index in [0.717, 1.165) is 26.2 Å². The Morgan fingerprint density at radius 2 is 1.80 bits per heavy atom. The van der Waals surface area contributed by atoms with Crippen LogP contribution < -0.4 is 0 Å². The first-order chi connectivity index (χ1) is 4.41. The van der Waals surface area contributed by atoms with Crippen LogP contribution in [-0.4, -0.2) is 56.9 Å². The van der Waals surface area contributed by atoms with E-state index < -0.39 is 0 Å². The predicted octanol–water partition coefficient (Wildman–Crippen LogP) is 0.815. The summed E-state index contributed by atoms with van der Waals surface area (Å²) in [4.78, 5) is 2.18. The van der Waals surface area contributed by atoms with Crippen LogP contribution in [0.2, 0.25) is 0 Å². The van der Waals surface area contributed by atoms with Crippen molar-refractivity contribution >= 4 is 26.2 Å². The zero-order valence-electron chi connectivity index (χ0n) is 7.43. The molecule has 1 atom stereocenters. The van der Waals surface area contributed by atoms with Gasteiger partial charge in [0.2, 0.25) is 0 Å². The molecule has 0 aliphatic heterocycles. The summed E-state index contributed by atoms with van der Waals surface area (Å²) in [7, 11) is 4.15. The van der Waals surface area contributed by atoms with Crippen LogP contribution in [0, 0.1) is 0 Å². The van der Waals surface area contributed by atoms with Gasteiger partial charge in [-0.1, -0.05) is 0 Å². The predicted molar refractivity (Wildman–Crippen MR) is 44.1 cm³/mol. The zero-order chi connectivity index (χ0) is 8.36. The Bertz CT molecular complexity index is 104. The molecule has 0 bridgehead atoms. The van der Waals surface area contributed by atoms with Crippen molar-refractivity contribution in [2.45, 2.75) is 32.4 Å². The topological polar surface area (TPSA) is 12.5 Å². The van der Waals surface area contributed by atoms with Gasteiger partial charge >= 0.3 is 80.3 Å². The van der Waals surface area contributed by atoms with Gasteiger partial charge in [-0.25, -0.2) is 0 Å². The molecule has 0 amide bonds. The first kappa shape index (κ1) is 10.8. The summed E-state index contributed by atoms with van der Waals surface area (Å²) in [5.41, 5.74) is 0.00965. The third kappa shape index (κ3) is 2.84. The maximum absolute atomic E-state index is 5.46. The molecule has 1 unspecified atom stereocenters. The van der Waals surface area contributed by atoms with Gasteiger partial charge in [-0.15, -0.1) is 0 Å². The Balaban J connectivity index is 4.03. The van der Waals surface area contributed by atoms with Gasteiger partial charge in [0, 0.05) is 0 Å². The Kier molecular flexibility index (Phi) is 4.35. The average molecular weight is 337 g/mol. The summed E-state index contributed by atoms with van der Waals surface area (Å²) < 4.78 is 5.46. The van der Waals surface area contributed by atoms with Crippen molar-refractivity contribution in [1.82, 2.24) is 4.90 Å². The third-order valence-corrected chi connectivity index (χ3v) is 4.09. The van der Waals surface area contributed by atoms with Crippen molar-refractivity contribution in [3.8, 4) is 0 Å². The molecule has 0 heterocycles. The van der Waals surface area contributed by atoms with Gasteiger partial charge in [0.15, 0.2) is 0 Å². The standard InChI is InChI=1S/C7H16NO.Pb/c1-6(8(4)5)7(2,3)9;/h6H,1-5H3;/q-1;+1. The second-order valence-electron chi connectivity index (χ2n) is 3.35. The molecule has 59 valence electrons. The molecule has 0 rings (SSSR count). The first-order valence-electron chi connectivity index (χ1n) is 3.43. The van der Waals surface area contributed by atoms with Crippen LogP contribution in [-0.2, 0) is 2.69 Å². The number of rotatable bonds is 3. The van der Waals surface area contributed by atoms with Crippen molar-refractivity contribution in [2.24, 2.45) is 0 Å². The average Bonchev–Trinajstić information content (AvgIpc) is 1.86. The van der Waals surface area contributed by atoms with Crippen LogP contribution >= 0.6 is 0 Å². The van der Waals surface area contributed by atoms with E-state index in [1.54, 1.807) is 0 Å². The molecule has 0 aromatic carbocycles. The monoisotopic (exact) mass is 338 g/mol. The molecule has 0 spiro atoms. The number of nitrogens with zero attached hydrogens (tertiary/aromatic N) is 1. The Labute approximate surface area is 80.3 Å². The van der Waals surface area contributed by atoms with Crippen LogP contribution in [0.25, 0.3) is 0 Å². The van der Waals surface area contributed by atoms with E-state index in [2.05, 4.69) is 39.8 Å². The van der Waals surface area contributed by atoms with Crippen molar-refractivity contribution in [3.05, 3.63) is 0 Å². The molecule has 3 heteroatoms. The van der Waals surface area contributed by atoms with E-state index >= 15 is 0 Å². The number of likely N-dealkylation sites (N-methyl/N-ethyl adjacent to an activating group) is 1. The van der Waals surface area contributed by atoms with Crippen LogP contribution in [0.4, 0.5) is 0 Å². The molecule has 0 N–H and O–H groups in total. The van der Waals surface area contributed by atoms with E-state index in [9.17, 15) is 0 Å². The minimum atomic E-state index is 0.00965. The summed E-state index contributed by atoms with van der Waals surface area (Å²) in [6.07, 6.45) is 0. The van der Waals surface area contributed by atoms with E-state index in [0.29, 0.717) is 6.04 Å². The van der Waals surface area contributed by atoms with Crippen LogP contribution in [0.3, 0.4) is 0 Å². The van der Waals surface area contributed by atoms with E-state index in [4.69, 9.17) is 2.69 Å². The van der Waals surface area contributed by atoms with Crippen LogP contribution in [0.15, 0.2) is 0 Å².